The topological polar surface area (TPSA) is 12.5 Å². The minimum absolute atomic E-state index is 0.307. The summed E-state index contributed by atoms with van der Waals surface area (Å²) in [5.74, 6) is 0. The molecule has 0 saturated heterocycles. The first-order valence-electron chi connectivity index (χ1n) is 6.75. The van der Waals surface area contributed by atoms with E-state index in [9.17, 15) is 0 Å². The number of unbranched alkanes of at least 4 members (excludes halogenated alkanes) is 1. The average molecular weight is 253 g/mol. The van der Waals surface area contributed by atoms with Crippen LogP contribution in [0.3, 0.4) is 0 Å². The SMILES string of the molecule is CCCCN(CC)C[C@H]1OCCc2sccc21. The van der Waals surface area contributed by atoms with Crippen LogP contribution >= 0.6 is 11.3 Å². The molecule has 1 aromatic heterocycles. The van der Waals surface area contributed by atoms with E-state index in [1.165, 1.54) is 29.8 Å². The molecular weight excluding hydrogens is 230 g/mol. The minimum Gasteiger partial charge on any atom is -0.372 e. The molecule has 1 atom stereocenters. The van der Waals surface area contributed by atoms with Crippen molar-refractivity contribution in [3.8, 4) is 0 Å². The Morgan fingerprint density at radius 3 is 3.12 bits per heavy atom. The van der Waals surface area contributed by atoms with E-state index in [1.54, 1.807) is 0 Å². The number of hydrogen-bond donors (Lipinski definition) is 0. The Morgan fingerprint density at radius 1 is 1.47 bits per heavy atom. The van der Waals surface area contributed by atoms with Crippen LogP contribution in [-0.4, -0.2) is 31.1 Å². The monoisotopic (exact) mass is 253 g/mol. The van der Waals surface area contributed by atoms with Crippen LogP contribution in [0.4, 0.5) is 0 Å². The maximum Gasteiger partial charge on any atom is 0.0962 e. The number of hydrogen-bond acceptors (Lipinski definition) is 3. The van der Waals surface area contributed by atoms with Crippen molar-refractivity contribution in [2.24, 2.45) is 0 Å². The van der Waals surface area contributed by atoms with Crippen LogP contribution < -0.4 is 0 Å². The van der Waals surface area contributed by atoms with Crippen LogP contribution in [0.5, 0.6) is 0 Å². The summed E-state index contributed by atoms with van der Waals surface area (Å²) in [6, 6.07) is 2.25. The molecule has 0 unspecified atom stereocenters. The van der Waals surface area contributed by atoms with E-state index < -0.39 is 0 Å². The van der Waals surface area contributed by atoms with Crippen molar-refractivity contribution in [3.63, 3.8) is 0 Å². The zero-order valence-corrected chi connectivity index (χ0v) is 11.8. The van der Waals surface area contributed by atoms with Gasteiger partial charge in [-0.15, -0.1) is 11.3 Å². The van der Waals surface area contributed by atoms with E-state index in [2.05, 4.69) is 30.2 Å². The summed E-state index contributed by atoms with van der Waals surface area (Å²) in [6.45, 7) is 8.77. The second-order valence-electron chi connectivity index (χ2n) is 4.66. The van der Waals surface area contributed by atoms with Crippen molar-refractivity contribution >= 4 is 11.3 Å². The molecule has 2 rings (SSSR count). The number of fused-ring (bicyclic) bond motifs is 1. The Morgan fingerprint density at radius 2 is 2.35 bits per heavy atom. The Bertz CT molecular complexity index is 337. The third-order valence-corrected chi connectivity index (χ3v) is 4.47. The first-order chi connectivity index (χ1) is 8.35. The molecule has 1 aliphatic rings. The molecule has 0 N–H and O–H groups in total. The molecule has 0 spiro atoms. The average Bonchev–Trinajstić information content (AvgIpc) is 2.83. The minimum atomic E-state index is 0.307. The molecule has 0 fully saturated rings. The van der Waals surface area contributed by atoms with Gasteiger partial charge in [0.05, 0.1) is 12.7 Å². The molecule has 0 bridgehead atoms. The van der Waals surface area contributed by atoms with Gasteiger partial charge in [-0.05, 0) is 36.5 Å². The highest BCUT2D eigenvalue weighted by atomic mass is 32.1. The van der Waals surface area contributed by atoms with Crippen LogP contribution in [0, 0.1) is 0 Å². The largest absolute Gasteiger partial charge is 0.372 e. The molecule has 0 aliphatic carbocycles. The molecule has 3 heteroatoms. The standard InChI is InChI=1S/C14H23NOS/c1-3-5-8-15(4-2)11-13-12-7-10-17-14(12)6-9-16-13/h7,10,13H,3-6,8-9,11H2,1-2H3/t13-/m1/s1. The summed E-state index contributed by atoms with van der Waals surface area (Å²) < 4.78 is 5.94. The van der Waals surface area contributed by atoms with Crippen molar-refractivity contribution in [2.45, 2.75) is 39.2 Å². The zero-order valence-electron chi connectivity index (χ0n) is 10.9. The summed E-state index contributed by atoms with van der Waals surface area (Å²) >= 11 is 1.88. The molecule has 96 valence electrons. The predicted octanol–water partition coefficient (Wildman–Crippen LogP) is 3.48. The molecule has 0 saturated carbocycles. The Balaban J connectivity index is 1.95. The van der Waals surface area contributed by atoms with E-state index in [0.29, 0.717) is 6.10 Å². The fourth-order valence-electron chi connectivity index (χ4n) is 2.37. The Kier molecular flexibility index (Phi) is 5.01. The van der Waals surface area contributed by atoms with Crippen molar-refractivity contribution in [1.29, 1.82) is 0 Å². The van der Waals surface area contributed by atoms with Gasteiger partial charge in [-0.2, -0.15) is 0 Å². The lowest BCUT2D eigenvalue weighted by atomic mass is 10.1. The molecule has 17 heavy (non-hydrogen) atoms. The fraction of sp³-hybridized carbons (Fsp3) is 0.714. The molecular formula is C14H23NOS. The number of thiophene rings is 1. The summed E-state index contributed by atoms with van der Waals surface area (Å²) in [5.41, 5.74) is 1.44. The van der Waals surface area contributed by atoms with Crippen LogP contribution in [0.25, 0.3) is 0 Å². The highest BCUT2D eigenvalue weighted by molar-refractivity contribution is 7.10. The Labute approximate surface area is 109 Å². The lowest BCUT2D eigenvalue weighted by molar-refractivity contribution is 0.0177. The van der Waals surface area contributed by atoms with Crippen LogP contribution in [0.1, 0.15) is 43.2 Å². The summed E-state index contributed by atoms with van der Waals surface area (Å²) in [4.78, 5) is 4.05. The van der Waals surface area contributed by atoms with Gasteiger partial charge in [-0.3, -0.25) is 0 Å². The van der Waals surface area contributed by atoms with Crippen LogP contribution in [0.15, 0.2) is 11.4 Å². The maximum atomic E-state index is 5.94. The normalized spacial score (nSPS) is 19.6. The molecule has 2 nitrogen and oxygen atoms in total. The van der Waals surface area contributed by atoms with Crippen LogP contribution in [0.2, 0.25) is 0 Å². The zero-order chi connectivity index (χ0) is 12.1. The van der Waals surface area contributed by atoms with Crippen molar-refractivity contribution in [2.75, 3.05) is 26.2 Å². The van der Waals surface area contributed by atoms with E-state index in [4.69, 9.17) is 4.74 Å². The molecule has 1 aromatic rings. The van der Waals surface area contributed by atoms with E-state index in [-0.39, 0.29) is 0 Å². The third kappa shape index (κ3) is 3.30. The van der Waals surface area contributed by atoms with Gasteiger partial charge in [0.1, 0.15) is 0 Å². The highest BCUT2D eigenvalue weighted by Crippen LogP contribution is 2.31. The fourth-order valence-corrected chi connectivity index (χ4v) is 3.29. The van der Waals surface area contributed by atoms with Crippen molar-refractivity contribution < 1.29 is 4.74 Å². The summed E-state index contributed by atoms with van der Waals surface area (Å²) in [6.07, 6.45) is 3.97. The van der Waals surface area contributed by atoms with Gasteiger partial charge in [0, 0.05) is 17.8 Å². The van der Waals surface area contributed by atoms with Gasteiger partial charge in [0.2, 0.25) is 0 Å². The van der Waals surface area contributed by atoms with Crippen molar-refractivity contribution in [1.82, 2.24) is 4.90 Å². The quantitative estimate of drug-likeness (QED) is 0.769. The summed E-state index contributed by atoms with van der Waals surface area (Å²) in [7, 11) is 0. The lowest BCUT2D eigenvalue weighted by Crippen LogP contribution is -2.32. The second-order valence-corrected chi connectivity index (χ2v) is 5.66. The molecule has 2 heterocycles. The number of rotatable bonds is 6. The van der Waals surface area contributed by atoms with Gasteiger partial charge in [0.15, 0.2) is 0 Å². The van der Waals surface area contributed by atoms with Gasteiger partial charge in [-0.1, -0.05) is 20.3 Å². The first kappa shape index (κ1) is 13.1. The lowest BCUT2D eigenvalue weighted by Gasteiger charge is -2.29. The number of ether oxygens (including phenoxy) is 1. The smallest absolute Gasteiger partial charge is 0.0962 e. The molecule has 0 amide bonds. The third-order valence-electron chi connectivity index (χ3n) is 3.47. The van der Waals surface area contributed by atoms with E-state index >= 15 is 0 Å². The van der Waals surface area contributed by atoms with Gasteiger partial charge < -0.3 is 9.64 Å². The van der Waals surface area contributed by atoms with Crippen LogP contribution in [-0.2, 0) is 11.2 Å². The van der Waals surface area contributed by atoms with E-state index in [0.717, 1.165) is 26.1 Å². The van der Waals surface area contributed by atoms with E-state index in [1.807, 2.05) is 11.3 Å². The number of nitrogens with zero attached hydrogens (tertiary/aromatic N) is 1. The van der Waals surface area contributed by atoms with Gasteiger partial charge in [0.25, 0.3) is 0 Å². The predicted molar refractivity (Wildman–Crippen MR) is 73.7 cm³/mol. The van der Waals surface area contributed by atoms with Crippen molar-refractivity contribution in [3.05, 3.63) is 21.9 Å². The molecule has 0 aromatic carbocycles. The Hall–Kier alpha value is -0.380. The molecule has 1 aliphatic heterocycles. The summed E-state index contributed by atoms with van der Waals surface area (Å²) in [5, 5.41) is 2.20. The first-order valence-corrected chi connectivity index (χ1v) is 7.63. The highest BCUT2D eigenvalue weighted by Gasteiger charge is 2.23. The molecule has 0 radical (unpaired) electrons. The van der Waals surface area contributed by atoms with Gasteiger partial charge >= 0.3 is 0 Å². The number of likely N-dealkylation sites (N-methyl/N-ethyl adjacent to an activating group) is 1. The van der Waals surface area contributed by atoms with Gasteiger partial charge in [-0.25, -0.2) is 0 Å². The maximum absolute atomic E-state index is 5.94. The second kappa shape index (κ2) is 6.53.